The summed E-state index contributed by atoms with van der Waals surface area (Å²) in [5, 5.41) is -0.295. The summed E-state index contributed by atoms with van der Waals surface area (Å²) < 4.78 is 5.72. The van der Waals surface area contributed by atoms with Crippen molar-refractivity contribution in [3.8, 4) is 5.75 Å². The van der Waals surface area contributed by atoms with Crippen LogP contribution in [0.4, 0.5) is 16.2 Å². The van der Waals surface area contributed by atoms with Crippen LogP contribution >= 0.6 is 11.8 Å². The molecular formula is C26H28N2O3S. The molecule has 2 aliphatic heterocycles. The fourth-order valence-electron chi connectivity index (χ4n) is 4.45. The Labute approximate surface area is 193 Å². The van der Waals surface area contributed by atoms with Gasteiger partial charge in [-0.15, -0.1) is 0 Å². The Morgan fingerprint density at radius 2 is 1.84 bits per heavy atom. The first-order chi connectivity index (χ1) is 15.3. The number of amides is 2. The first kappa shape index (κ1) is 22.2. The average molecular weight is 449 g/mol. The third-order valence-corrected chi connectivity index (χ3v) is 6.74. The monoisotopic (exact) mass is 448 g/mol. The standard InChI is InChI=1S/C26H28N2O3S/c1-6-12-27-21-15-22(31-5)18(13-20(21)17(2)16-26(27,3)4)14-23-24(29)28(25(30)32-23)19-10-8-7-9-11-19/h7-11,13-16H,6,12H2,1-5H3/b23-14+. The molecule has 0 unspecified atom stereocenters. The molecule has 6 heteroatoms. The van der Waals surface area contributed by atoms with Gasteiger partial charge < -0.3 is 9.64 Å². The Kier molecular flexibility index (Phi) is 5.91. The lowest BCUT2D eigenvalue weighted by atomic mass is 9.87. The van der Waals surface area contributed by atoms with Crippen LogP contribution in [0, 0.1) is 0 Å². The fraction of sp³-hybridized carbons (Fsp3) is 0.308. The quantitative estimate of drug-likeness (QED) is 0.499. The number of carbonyl (C=O) groups is 2. The van der Waals surface area contributed by atoms with E-state index in [2.05, 4.69) is 50.8 Å². The smallest absolute Gasteiger partial charge is 0.298 e. The molecule has 2 heterocycles. The number of para-hydroxylation sites is 1. The van der Waals surface area contributed by atoms with E-state index in [0.717, 1.165) is 41.5 Å². The van der Waals surface area contributed by atoms with Gasteiger partial charge in [0.25, 0.3) is 11.1 Å². The Morgan fingerprint density at radius 1 is 1.12 bits per heavy atom. The zero-order valence-corrected chi connectivity index (χ0v) is 20.0. The molecule has 2 aliphatic rings. The zero-order valence-electron chi connectivity index (χ0n) is 19.1. The molecule has 5 nitrogen and oxygen atoms in total. The number of hydrogen-bond acceptors (Lipinski definition) is 5. The number of fused-ring (bicyclic) bond motifs is 1. The molecule has 0 saturated carbocycles. The molecule has 0 bridgehead atoms. The van der Waals surface area contributed by atoms with Gasteiger partial charge in [0.05, 0.1) is 23.2 Å². The van der Waals surface area contributed by atoms with Gasteiger partial charge in [-0.2, -0.15) is 0 Å². The van der Waals surface area contributed by atoms with Crippen molar-refractivity contribution >= 4 is 45.9 Å². The summed E-state index contributed by atoms with van der Waals surface area (Å²) in [5.41, 5.74) is 4.70. The van der Waals surface area contributed by atoms with Gasteiger partial charge in [-0.1, -0.05) is 31.2 Å². The number of thioether (sulfide) groups is 1. The molecule has 0 aromatic heterocycles. The Bertz CT molecular complexity index is 1140. The van der Waals surface area contributed by atoms with Crippen molar-refractivity contribution in [1.82, 2.24) is 0 Å². The first-order valence-corrected chi connectivity index (χ1v) is 11.6. The summed E-state index contributed by atoms with van der Waals surface area (Å²) >= 11 is 0.955. The predicted molar refractivity (Wildman–Crippen MR) is 133 cm³/mol. The van der Waals surface area contributed by atoms with Gasteiger partial charge in [-0.3, -0.25) is 9.59 Å². The predicted octanol–water partition coefficient (Wildman–Crippen LogP) is 6.35. The third-order valence-electron chi connectivity index (χ3n) is 5.87. The van der Waals surface area contributed by atoms with Crippen LogP contribution in [-0.4, -0.2) is 30.3 Å². The third kappa shape index (κ3) is 3.84. The van der Waals surface area contributed by atoms with Crippen molar-refractivity contribution in [3.05, 3.63) is 64.6 Å². The molecule has 0 spiro atoms. The van der Waals surface area contributed by atoms with Crippen LogP contribution in [0.15, 0.2) is 53.4 Å². The van der Waals surface area contributed by atoms with Gasteiger partial charge in [0, 0.05) is 29.4 Å². The molecular weight excluding hydrogens is 420 g/mol. The molecule has 0 atom stereocenters. The van der Waals surface area contributed by atoms with E-state index in [4.69, 9.17) is 4.74 Å². The Balaban J connectivity index is 1.77. The SMILES string of the molecule is CCCN1c2cc(OC)c(/C=C3/SC(=O)N(c4ccccc4)C3=O)cc2C(C)=CC1(C)C. The molecule has 1 saturated heterocycles. The summed E-state index contributed by atoms with van der Waals surface area (Å²) in [4.78, 5) is 29.6. The molecule has 2 amide bonds. The lowest BCUT2D eigenvalue weighted by Gasteiger charge is -2.43. The number of imide groups is 1. The van der Waals surface area contributed by atoms with E-state index in [1.165, 1.54) is 10.5 Å². The van der Waals surface area contributed by atoms with Crippen LogP contribution in [0.5, 0.6) is 5.75 Å². The van der Waals surface area contributed by atoms with Crippen LogP contribution in [0.2, 0.25) is 0 Å². The van der Waals surface area contributed by atoms with Crippen molar-refractivity contribution in [1.29, 1.82) is 0 Å². The summed E-state index contributed by atoms with van der Waals surface area (Å²) in [6, 6.07) is 13.1. The summed E-state index contributed by atoms with van der Waals surface area (Å²) in [5.74, 6) is 0.369. The number of carbonyl (C=O) groups excluding carboxylic acids is 2. The number of methoxy groups -OCH3 is 1. The molecule has 0 N–H and O–H groups in total. The lowest BCUT2D eigenvalue weighted by molar-refractivity contribution is -0.113. The highest BCUT2D eigenvalue weighted by Crippen LogP contribution is 2.44. The maximum absolute atomic E-state index is 13.1. The number of hydrogen-bond donors (Lipinski definition) is 0. The van der Waals surface area contributed by atoms with Crippen molar-refractivity contribution in [2.45, 2.75) is 39.7 Å². The highest BCUT2D eigenvalue weighted by molar-refractivity contribution is 8.19. The van der Waals surface area contributed by atoms with E-state index >= 15 is 0 Å². The molecule has 4 rings (SSSR count). The minimum atomic E-state index is -0.313. The Morgan fingerprint density at radius 3 is 2.50 bits per heavy atom. The van der Waals surface area contributed by atoms with E-state index in [-0.39, 0.29) is 16.7 Å². The number of ether oxygens (including phenoxy) is 1. The van der Waals surface area contributed by atoms with Crippen molar-refractivity contribution in [3.63, 3.8) is 0 Å². The molecule has 0 aliphatic carbocycles. The molecule has 166 valence electrons. The number of nitrogens with zero attached hydrogens (tertiary/aromatic N) is 2. The van der Waals surface area contributed by atoms with Gasteiger partial charge in [0.15, 0.2) is 0 Å². The van der Waals surface area contributed by atoms with E-state index < -0.39 is 0 Å². The average Bonchev–Trinajstić information content (AvgIpc) is 3.04. The lowest BCUT2D eigenvalue weighted by Crippen LogP contribution is -2.45. The molecule has 2 aromatic rings. The van der Waals surface area contributed by atoms with Gasteiger partial charge in [0.1, 0.15) is 5.75 Å². The van der Waals surface area contributed by atoms with Gasteiger partial charge >= 0.3 is 0 Å². The highest BCUT2D eigenvalue weighted by atomic mass is 32.2. The van der Waals surface area contributed by atoms with Gasteiger partial charge in [-0.25, -0.2) is 4.90 Å². The number of allylic oxidation sites excluding steroid dienone is 1. The van der Waals surface area contributed by atoms with E-state index in [0.29, 0.717) is 16.3 Å². The normalized spacial score (nSPS) is 18.8. The van der Waals surface area contributed by atoms with E-state index in [9.17, 15) is 9.59 Å². The summed E-state index contributed by atoms with van der Waals surface area (Å²) in [7, 11) is 1.63. The second-order valence-corrected chi connectivity index (χ2v) is 9.59. The van der Waals surface area contributed by atoms with E-state index in [1.54, 1.807) is 25.3 Å². The van der Waals surface area contributed by atoms with Gasteiger partial charge in [0.2, 0.25) is 0 Å². The molecule has 0 radical (unpaired) electrons. The number of anilines is 2. The first-order valence-electron chi connectivity index (χ1n) is 10.8. The highest BCUT2D eigenvalue weighted by Gasteiger charge is 2.37. The van der Waals surface area contributed by atoms with Crippen LogP contribution in [-0.2, 0) is 4.79 Å². The van der Waals surface area contributed by atoms with Crippen LogP contribution < -0.4 is 14.5 Å². The van der Waals surface area contributed by atoms with Crippen LogP contribution in [0.3, 0.4) is 0 Å². The largest absolute Gasteiger partial charge is 0.496 e. The fourth-order valence-corrected chi connectivity index (χ4v) is 5.28. The Hall–Kier alpha value is -2.99. The minimum absolute atomic E-state index is 0.0992. The number of rotatable bonds is 5. The van der Waals surface area contributed by atoms with Crippen molar-refractivity contribution < 1.29 is 14.3 Å². The number of benzene rings is 2. The van der Waals surface area contributed by atoms with Crippen LogP contribution in [0.25, 0.3) is 11.6 Å². The van der Waals surface area contributed by atoms with Gasteiger partial charge in [-0.05, 0) is 68.8 Å². The molecule has 32 heavy (non-hydrogen) atoms. The van der Waals surface area contributed by atoms with E-state index in [1.807, 2.05) is 18.2 Å². The summed E-state index contributed by atoms with van der Waals surface area (Å²) in [6.45, 7) is 9.66. The summed E-state index contributed by atoms with van der Waals surface area (Å²) in [6.07, 6.45) is 5.08. The topological polar surface area (TPSA) is 49.9 Å². The maximum Gasteiger partial charge on any atom is 0.298 e. The van der Waals surface area contributed by atoms with Crippen molar-refractivity contribution in [2.75, 3.05) is 23.5 Å². The molecule has 2 aromatic carbocycles. The second-order valence-electron chi connectivity index (χ2n) is 8.60. The molecule has 1 fully saturated rings. The van der Waals surface area contributed by atoms with Crippen LogP contribution in [0.1, 0.15) is 45.2 Å². The van der Waals surface area contributed by atoms with Crippen molar-refractivity contribution in [2.24, 2.45) is 0 Å². The minimum Gasteiger partial charge on any atom is -0.496 e. The second kappa shape index (κ2) is 8.51. The maximum atomic E-state index is 13.1. The zero-order chi connectivity index (χ0) is 23.0.